The first-order chi connectivity index (χ1) is 8.08. The number of nitrogens with one attached hydrogen (secondary N) is 1. The van der Waals surface area contributed by atoms with E-state index in [-0.39, 0.29) is 16.4 Å². The zero-order valence-electron chi connectivity index (χ0n) is 9.24. The summed E-state index contributed by atoms with van der Waals surface area (Å²) in [5.74, 6) is 0.452. The smallest absolute Gasteiger partial charge is 0.312 e. The monoisotopic (exact) mass is 274 g/mol. The Labute approximate surface area is 108 Å². The van der Waals surface area contributed by atoms with Crippen molar-refractivity contribution in [2.24, 2.45) is 0 Å². The average molecular weight is 275 g/mol. The second kappa shape index (κ2) is 5.14. The van der Waals surface area contributed by atoms with Crippen LogP contribution in [0.2, 0.25) is 5.02 Å². The van der Waals surface area contributed by atoms with Crippen LogP contribution in [0.3, 0.4) is 0 Å². The Morgan fingerprint density at radius 2 is 2.41 bits per heavy atom. The lowest BCUT2D eigenvalue weighted by Gasteiger charge is -2.20. The van der Waals surface area contributed by atoms with E-state index in [9.17, 15) is 9.18 Å². The van der Waals surface area contributed by atoms with Crippen LogP contribution in [0.4, 0.5) is 14.9 Å². The number of carbonyl (C=O) groups excluding carboxylic acids is 1. The van der Waals surface area contributed by atoms with Gasteiger partial charge in [-0.1, -0.05) is 11.6 Å². The van der Waals surface area contributed by atoms with Gasteiger partial charge in [-0.05, 0) is 25.1 Å². The van der Waals surface area contributed by atoms with Crippen LogP contribution in [0.15, 0.2) is 18.2 Å². The molecule has 1 aromatic carbocycles. The van der Waals surface area contributed by atoms with Crippen LogP contribution in [-0.2, 0) is 0 Å². The number of rotatable bonds is 1. The number of anilines is 1. The summed E-state index contributed by atoms with van der Waals surface area (Å²) in [4.78, 5) is 13.6. The zero-order valence-corrected chi connectivity index (χ0v) is 10.8. The number of carbonyl (C=O) groups is 1. The molecule has 2 amide bonds. The van der Waals surface area contributed by atoms with E-state index in [4.69, 9.17) is 11.6 Å². The van der Waals surface area contributed by atoms with Crippen molar-refractivity contribution >= 4 is 35.1 Å². The summed E-state index contributed by atoms with van der Waals surface area (Å²) in [6, 6.07) is 3.96. The molecule has 6 heteroatoms. The highest BCUT2D eigenvalue weighted by Gasteiger charge is 2.25. The number of hydrogen-bond acceptors (Lipinski definition) is 2. The average Bonchev–Trinajstić information content (AvgIpc) is 2.70. The summed E-state index contributed by atoms with van der Waals surface area (Å²) < 4.78 is 12.9. The first-order valence-electron chi connectivity index (χ1n) is 5.22. The van der Waals surface area contributed by atoms with Gasteiger partial charge in [0.25, 0.3) is 0 Å². The Morgan fingerprint density at radius 1 is 1.65 bits per heavy atom. The second-order valence-electron chi connectivity index (χ2n) is 3.72. The largest absolute Gasteiger partial charge is 0.322 e. The van der Waals surface area contributed by atoms with Crippen molar-refractivity contribution in [3.63, 3.8) is 0 Å². The van der Waals surface area contributed by atoms with Gasteiger partial charge in [-0.2, -0.15) is 0 Å². The fourth-order valence-electron chi connectivity index (χ4n) is 1.63. The van der Waals surface area contributed by atoms with Gasteiger partial charge in [-0.25, -0.2) is 9.18 Å². The summed E-state index contributed by atoms with van der Waals surface area (Å²) in [5, 5.41) is 2.88. The SMILES string of the molecule is CC1SCCN1C(=O)Nc1ccc(F)c(Cl)c1. The van der Waals surface area contributed by atoms with Crippen molar-refractivity contribution in [2.45, 2.75) is 12.3 Å². The summed E-state index contributed by atoms with van der Waals surface area (Å²) in [5.41, 5.74) is 0.505. The summed E-state index contributed by atoms with van der Waals surface area (Å²) in [6.07, 6.45) is 0. The molecule has 0 saturated carbocycles. The lowest BCUT2D eigenvalue weighted by atomic mass is 10.3. The van der Waals surface area contributed by atoms with Gasteiger partial charge >= 0.3 is 6.03 Å². The molecule has 1 fully saturated rings. The molecule has 0 aliphatic carbocycles. The number of thioether (sulfide) groups is 1. The van der Waals surface area contributed by atoms with E-state index in [1.807, 2.05) is 6.92 Å². The number of urea groups is 1. The van der Waals surface area contributed by atoms with Crippen molar-refractivity contribution in [3.05, 3.63) is 29.0 Å². The molecule has 0 radical (unpaired) electrons. The van der Waals surface area contributed by atoms with Gasteiger partial charge in [0, 0.05) is 18.0 Å². The van der Waals surface area contributed by atoms with E-state index in [2.05, 4.69) is 5.32 Å². The maximum Gasteiger partial charge on any atom is 0.322 e. The molecule has 1 aliphatic rings. The molecule has 3 nitrogen and oxygen atoms in total. The lowest BCUT2D eigenvalue weighted by molar-refractivity contribution is 0.216. The third-order valence-corrected chi connectivity index (χ3v) is 4.01. The Hall–Kier alpha value is -0.940. The van der Waals surface area contributed by atoms with Crippen LogP contribution in [0.1, 0.15) is 6.92 Å². The zero-order chi connectivity index (χ0) is 12.4. The highest BCUT2D eigenvalue weighted by atomic mass is 35.5. The summed E-state index contributed by atoms with van der Waals surface area (Å²) >= 11 is 7.37. The third-order valence-electron chi connectivity index (χ3n) is 2.56. The Balaban J connectivity index is 2.05. The molecule has 0 spiro atoms. The number of benzene rings is 1. The highest BCUT2D eigenvalue weighted by molar-refractivity contribution is 8.00. The normalized spacial score (nSPS) is 19.5. The Morgan fingerprint density at radius 3 is 3.00 bits per heavy atom. The molecule has 0 aromatic heterocycles. The number of hydrogen-bond donors (Lipinski definition) is 1. The van der Waals surface area contributed by atoms with Gasteiger partial charge in [0.05, 0.1) is 10.4 Å². The molecule has 0 bridgehead atoms. The van der Waals surface area contributed by atoms with E-state index in [1.165, 1.54) is 18.2 Å². The first kappa shape index (κ1) is 12.5. The molecule has 17 heavy (non-hydrogen) atoms. The summed E-state index contributed by atoms with van der Waals surface area (Å²) in [6.45, 7) is 2.71. The minimum absolute atomic E-state index is 0.00615. The van der Waals surface area contributed by atoms with Gasteiger partial charge in [0.15, 0.2) is 0 Å². The Bertz CT molecular complexity index is 443. The van der Waals surface area contributed by atoms with Crippen molar-refractivity contribution in [1.29, 1.82) is 0 Å². The molecule has 1 aromatic rings. The molecule has 1 heterocycles. The van der Waals surface area contributed by atoms with Gasteiger partial charge in [0.1, 0.15) is 5.82 Å². The molecule has 92 valence electrons. The van der Waals surface area contributed by atoms with Crippen LogP contribution in [-0.4, -0.2) is 28.6 Å². The fraction of sp³-hybridized carbons (Fsp3) is 0.364. The summed E-state index contributed by atoms with van der Waals surface area (Å²) in [7, 11) is 0. The van der Waals surface area contributed by atoms with E-state index < -0.39 is 5.82 Å². The molecule has 2 rings (SSSR count). The topological polar surface area (TPSA) is 32.3 Å². The van der Waals surface area contributed by atoms with E-state index in [1.54, 1.807) is 16.7 Å². The highest BCUT2D eigenvalue weighted by Crippen LogP contribution is 2.24. The minimum Gasteiger partial charge on any atom is -0.312 e. The maximum atomic E-state index is 12.9. The van der Waals surface area contributed by atoms with Crippen LogP contribution in [0.25, 0.3) is 0 Å². The van der Waals surface area contributed by atoms with Gasteiger partial charge in [-0.3, -0.25) is 0 Å². The fourth-order valence-corrected chi connectivity index (χ4v) is 2.83. The van der Waals surface area contributed by atoms with E-state index in [0.717, 1.165) is 12.3 Å². The van der Waals surface area contributed by atoms with Crippen LogP contribution >= 0.6 is 23.4 Å². The molecular weight excluding hydrogens is 263 g/mol. The maximum absolute atomic E-state index is 12.9. The second-order valence-corrected chi connectivity index (χ2v) is 5.55. The molecule has 1 saturated heterocycles. The number of amides is 2. The predicted octanol–water partition coefficient (Wildman–Crippen LogP) is 3.41. The van der Waals surface area contributed by atoms with Gasteiger partial charge in [0.2, 0.25) is 0 Å². The molecule has 1 aliphatic heterocycles. The van der Waals surface area contributed by atoms with Crippen LogP contribution < -0.4 is 5.32 Å². The number of halogens is 2. The molecule has 1 atom stereocenters. The van der Waals surface area contributed by atoms with Crippen LogP contribution in [0.5, 0.6) is 0 Å². The lowest BCUT2D eigenvalue weighted by Crippen LogP contribution is -2.36. The Kier molecular flexibility index (Phi) is 3.79. The predicted molar refractivity (Wildman–Crippen MR) is 69.1 cm³/mol. The van der Waals surface area contributed by atoms with Gasteiger partial charge in [-0.15, -0.1) is 11.8 Å². The van der Waals surface area contributed by atoms with Crippen molar-refractivity contribution in [2.75, 3.05) is 17.6 Å². The standard InChI is InChI=1S/C11H12ClFN2OS/c1-7-15(4-5-17-7)11(16)14-8-2-3-10(13)9(12)6-8/h2-3,6-7H,4-5H2,1H3,(H,14,16). The van der Waals surface area contributed by atoms with E-state index in [0.29, 0.717) is 5.69 Å². The first-order valence-corrected chi connectivity index (χ1v) is 6.65. The van der Waals surface area contributed by atoms with E-state index >= 15 is 0 Å². The van der Waals surface area contributed by atoms with Crippen molar-refractivity contribution in [3.8, 4) is 0 Å². The molecule has 1 N–H and O–H groups in total. The third kappa shape index (κ3) is 2.84. The quantitative estimate of drug-likeness (QED) is 0.851. The minimum atomic E-state index is -0.491. The van der Waals surface area contributed by atoms with Crippen molar-refractivity contribution < 1.29 is 9.18 Å². The van der Waals surface area contributed by atoms with Gasteiger partial charge < -0.3 is 10.2 Å². The molecule has 1 unspecified atom stereocenters. The van der Waals surface area contributed by atoms with Crippen molar-refractivity contribution in [1.82, 2.24) is 4.90 Å². The van der Waals surface area contributed by atoms with Crippen LogP contribution in [0, 0.1) is 5.82 Å². The number of nitrogens with zero attached hydrogens (tertiary/aromatic N) is 1. The molecular formula is C11H12ClFN2OS.